The highest BCUT2D eigenvalue weighted by molar-refractivity contribution is 8.00. The molecule has 4 rings (SSSR count). The minimum atomic E-state index is -0.348. The largest absolute Gasteiger partial charge is 0.495 e. The van der Waals surface area contributed by atoms with Gasteiger partial charge in [-0.05, 0) is 62.6 Å². The Morgan fingerprint density at radius 1 is 1.10 bits per heavy atom. The van der Waals surface area contributed by atoms with Crippen LogP contribution in [0.15, 0.2) is 60.0 Å². The Morgan fingerprint density at radius 2 is 1.84 bits per heavy atom. The van der Waals surface area contributed by atoms with Crippen molar-refractivity contribution in [2.45, 2.75) is 36.6 Å². The van der Waals surface area contributed by atoms with Crippen molar-refractivity contribution in [1.29, 1.82) is 0 Å². The molecule has 1 amide bonds. The number of ether oxygens (including phenoxy) is 1. The number of aromatic nitrogens is 3. The fourth-order valence-electron chi connectivity index (χ4n) is 3.66. The van der Waals surface area contributed by atoms with Crippen LogP contribution in [0.1, 0.15) is 26.2 Å². The van der Waals surface area contributed by atoms with Crippen molar-refractivity contribution < 1.29 is 9.53 Å². The maximum Gasteiger partial charge on any atom is 0.237 e. The van der Waals surface area contributed by atoms with E-state index in [1.54, 1.807) is 13.4 Å². The second-order valence-electron chi connectivity index (χ2n) is 7.50. The lowest BCUT2D eigenvalue weighted by Crippen LogP contribution is -2.29. The Hall–Kier alpha value is -3.00. The summed E-state index contributed by atoms with van der Waals surface area (Å²) in [6, 6.07) is 15.7. The quantitative estimate of drug-likeness (QED) is 0.553. The SMILES string of the molecule is COc1ccccc1-n1cnnc1SC(C)C(=O)Nc1ccc(N2CCCCC2)cc1. The smallest absolute Gasteiger partial charge is 0.237 e. The van der Waals surface area contributed by atoms with E-state index in [0.717, 1.165) is 30.2 Å². The van der Waals surface area contributed by atoms with E-state index >= 15 is 0 Å². The molecule has 3 aromatic rings. The number of rotatable bonds is 7. The molecule has 0 bridgehead atoms. The van der Waals surface area contributed by atoms with Gasteiger partial charge in [0.2, 0.25) is 5.91 Å². The van der Waals surface area contributed by atoms with E-state index < -0.39 is 0 Å². The molecule has 1 atom stereocenters. The molecule has 1 saturated heterocycles. The Balaban J connectivity index is 1.40. The highest BCUT2D eigenvalue weighted by Crippen LogP contribution is 2.29. The fraction of sp³-hybridized carbons (Fsp3) is 0.348. The number of amides is 1. The molecule has 2 heterocycles. The third-order valence-electron chi connectivity index (χ3n) is 5.37. The number of methoxy groups -OCH3 is 1. The lowest BCUT2D eigenvalue weighted by atomic mass is 10.1. The molecule has 2 aromatic carbocycles. The van der Waals surface area contributed by atoms with Crippen molar-refractivity contribution >= 4 is 29.0 Å². The Labute approximate surface area is 186 Å². The number of para-hydroxylation sites is 2. The highest BCUT2D eigenvalue weighted by Gasteiger charge is 2.20. The highest BCUT2D eigenvalue weighted by atomic mass is 32.2. The molecule has 0 aliphatic carbocycles. The summed E-state index contributed by atoms with van der Waals surface area (Å²) in [4.78, 5) is 15.2. The first-order valence-corrected chi connectivity index (χ1v) is 11.4. The van der Waals surface area contributed by atoms with Gasteiger partial charge in [0, 0.05) is 24.5 Å². The predicted molar refractivity (Wildman–Crippen MR) is 124 cm³/mol. The Kier molecular flexibility index (Phi) is 6.76. The molecule has 31 heavy (non-hydrogen) atoms. The average molecular weight is 438 g/mol. The first kappa shape index (κ1) is 21.2. The molecule has 0 radical (unpaired) electrons. The molecule has 1 unspecified atom stereocenters. The maximum atomic E-state index is 12.8. The molecule has 8 heteroatoms. The van der Waals surface area contributed by atoms with Crippen molar-refractivity contribution in [2.24, 2.45) is 0 Å². The molecule has 0 saturated carbocycles. The first-order chi connectivity index (χ1) is 15.2. The number of carbonyl (C=O) groups is 1. The van der Waals surface area contributed by atoms with E-state index in [0.29, 0.717) is 5.16 Å². The predicted octanol–water partition coefficient (Wildman–Crippen LogP) is 4.39. The van der Waals surface area contributed by atoms with E-state index in [2.05, 4.69) is 32.5 Å². The van der Waals surface area contributed by atoms with Crippen LogP contribution < -0.4 is 15.0 Å². The number of hydrogen-bond acceptors (Lipinski definition) is 6. The van der Waals surface area contributed by atoms with Gasteiger partial charge >= 0.3 is 0 Å². The van der Waals surface area contributed by atoms with Crippen LogP contribution in [0.5, 0.6) is 5.75 Å². The number of nitrogens with one attached hydrogen (secondary N) is 1. The van der Waals surface area contributed by atoms with Gasteiger partial charge in [0.05, 0.1) is 18.0 Å². The van der Waals surface area contributed by atoms with Gasteiger partial charge in [-0.2, -0.15) is 0 Å². The van der Waals surface area contributed by atoms with Crippen LogP contribution in [0.2, 0.25) is 0 Å². The van der Waals surface area contributed by atoms with Crippen molar-refractivity contribution in [2.75, 3.05) is 30.4 Å². The van der Waals surface area contributed by atoms with Gasteiger partial charge in [0.15, 0.2) is 5.16 Å². The van der Waals surface area contributed by atoms with E-state index in [1.165, 1.54) is 36.7 Å². The van der Waals surface area contributed by atoms with E-state index in [1.807, 2.05) is 47.9 Å². The Bertz CT molecular complexity index is 1010. The molecule has 1 aromatic heterocycles. The summed E-state index contributed by atoms with van der Waals surface area (Å²) < 4.78 is 7.27. The van der Waals surface area contributed by atoms with Gasteiger partial charge in [0.1, 0.15) is 12.1 Å². The van der Waals surface area contributed by atoms with Crippen LogP contribution in [-0.4, -0.2) is 46.1 Å². The van der Waals surface area contributed by atoms with Gasteiger partial charge in [-0.1, -0.05) is 23.9 Å². The minimum Gasteiger partial charge on any atom is -0.495 e. The second-order valence-corrected chi connectivity index (χ2v) is 8.81. The normalized spacial score (nSPS) is 14.8. The average Bonchev–Trinajstić information content (AvgIpc) is 3.28. The second kappa shape index (κ2) is 9.87. The summed E-state index contributed by atoms with van der Waals surface area (Å²) in [6.45, 7) is 4.07. The summed E-state index contributed by atoms with van der Waals surface area (Å²) in [5, 5.41) is 11.5. The van der Waals surface area contributed by atoms with Gasteiger partial charge in [0.25, 0.3) is 0 Å². The van der Waals surface area contributed by atoms with Crippen LogP contribution in [0, 0.1) is 0 Å². The van der Waals surface area contributed by atoms with Crippen molar-refractivity contribution in [1.82, 2.24) is 14.8 Å². The third kappa shape index (κ3) is 5.02. The minimum absolute atomic E-state index is 0.0784. The summed E-state index contributed by atoms with van der Waals surface area (Å²) in [5.74, 6) is 0.639. The van der Waals surface area contributed by atoms with E-state index in [-0.39, 0.29) is 11.2 Å². The molecule has 1 fully saturated rings. The van der Waals surface area contributed by atoms with E-state index in [4.69, 9.17) is 4.74 Å². The molecule has 0 spiro atoms. The summed E-state index contributed by atoms with van der Waals surface area (Å²) in [7, 11) is 1.63. The number of hydrogen-bond donors (Lipinski definition) is 1. The van der Waals surface area contributed by atoms with Gasteiger partial charge in [-0.25, -0.2) is 0 Å². The number of nitrogens with zero attached hydrogens (tertiary/aromatic N) is 4. The topological polar surface area (TPSA) is 72.3 Å². The third-order valence-corrected chi connectivity index (χ3v) is 6.43. The fourth-order valence-corrected chi connectivity index (χ4v) is 4.50. The van der Waals surface area contributed by atoms with Gasteiger partial charge in [-0.15, -0.1) is 10.2 Å². The molecule has 1 N–H and O–H groups in total. The lowest BCUT2D eigenvalue weighted by molar-refractivity contribution is -0.115. The monoisotopic (exact) mass is 437 g/mol. The number of anilines is 2. The van der Waals surface area contributed by atoms with Crippen molar-refractivity contribution in [3.05, 3.63) is 54.9 Å². The summed E-state index contributed by atoms with van der Waals surface area (Å²) in [5.41, 5.74) is 2.84. The molecule has 1 aliphatic rings. The molecule has 1 aliphatic heterocycles. The number of carbonyl (C=O) groups excluding carboxylic acids is 1. The van der Waals surface area contributed by atoms with Gasteiger partial charge in [-0.3, -0.25) is 9.36 Å². The molecular weight excluding hydrogens is 410 g/mol. The van der Waals surface area contributed by atoms with Crippen LogP contribution >= 0.6 is 11.8 Å². The molecule has 162 valence electrons. The van der Waals surface area contributed by atoms with Crippen LogP contribution in [0.3, 0.4) is 0 Å². The molecular formula is C23H27N5O2S. The van der Waals surface area contributed by atoms with Crippen molar-refractivity contribution in [3.63, 3.8) is 0 Å². The van der Waals surface area contributed by atoms with Crippen LogP contribution in [0.25, 0.3) is 5.69 Å². The van der Waals surface area contributed by atoms with Crippen molar-refractivity contribution in [3.8, 4) is 11.4 Å². The lowest BCUT2D eigenvalue weighted by Gasteiger charge is -2.28. The zero-order valence-electron chi connectivity index (χ0n) is 17.8. The maximum absolute atomic E-state index is 12.8. The Morgan fingerprint density at radius 3 is 2.58 bits per heavy atom. The van der Waals surface area contributed by atoms with E-state index in [9.17, 15) is 4.79 Å². The summed E-state index contributed by atoms with van der Waals surface area (Å²) >= 11 is 1.36. The zero-order chi connectivity index (χ0) is 21.6. The number of benzene rings is 2. The van der Waals surface area contributed by atoms with Crippen LogP contribution in [-0.2, 0) is 4.79 Å². The number of piperidine rings is 1. The molecule has 7 nitrogen and oxygen atoms in total. The number of thioether (sulfide) groups is 1. The zero-order valence-corrected chi connectivity index (χ0v) is 18.6. The van der Waals surface area contributed by atoms with Crippen LogP contribution in [0.4, 0.5) is 11.4 Å². The summed E-state index contributed by atoms with van der Waals surface area (Å²) in [6.07, 6.45) is 5.43. The van der Waals surface area contributed by atoms with Gasteiger partial charge < -0.3 is 15.0 Å². The standard InChI is InChI=1S/C23H27N5O2S/c1-17(31-23-26-24-16-28(23)20-8-4-5-9-21(20)30-2)22(29)25-18-10-12-19(13-11-18)27-14-6-3-7-15-27/h4-5,8-13,16-17H,3,6-7,14-15H2,1-2H3,(H,25,29). The first-order valence-electron chi connectivity index (χ1n) is 10.5.